The third kappa shape index (κ3) is 11.2. The Kier molecular flexibility index (Phi) is 14.4. The van der Waals surface area contributed by atoms with Gasteiger partial charge in [0.1, 0.15) is 22.7 Å². The number of hydrogen-bond acceptors (Lipinski definition) is 12. The number of urea groups is 1. The van der Waals surface area contributed by atoms with Gasteiger partial charge in [0.25, 0.3) is 0 Å². The van der Waals surface area contributed by atoms with Gasteiger partial charge in [-0.3, -0.25) is 4.79 Å². The van der Waals surface area contributed by atoms with Crippen molar-refractivity contribution >= 4 is 74.8 Å². The number of fused-ring (bicyclic) bond motifs is 3. The standard InChI is InChI=1S/C43H54ClFN8O7S/c1-43(2,3)60-42(57)53-16-14-52(15-17-53)39-30-24-31(44)35(29-23-27(54)22-26-8-4-5-9-28(26)29)36(45)37(30)49-40(51-39)47-13-19-59-21-20-58-18-12-46-34(55)11-7-6-10-33-38-32(25-61-33)48-41(56)50-38/h4-5,8-9,22-24,32-33,38,54H,6-7,10-21,25H2,1-3H3,(H,46,55)(H,47,49,51)(H2,48,50,56)/t32-,33-,38-/m0/s1. The number of carbonyl (C=O) groups excluding carboxylic acids is 3. The maximum Gasteiger partial charge on any atom is 0.410 e. The molecule has 0 aliphatic carbocycles. The summed E-state index contributed by atoms with van der Waals surface area (Å²) < 4.78 is 33.9. The Morgan fingerprint density at radius 3 is 2.51 bits per heavy atom. The fourth-order valence-electron chi connectivity index (χ4n) is 7.86. The zero-order valence-electron chi connectivity index (χ0n) is 34.7. The number of anilines is 2. The summed E-state index contributed by atoms with van der Waals surface area (Å²) in [4.78, 5) is 49.7. The summed E-state index contributed by atoms with van der Waals surface area (Å²) in [6, 6.07) is 12.5. The van der Waals surface area contributed by atoms with E-state index in [1.807, 2.05) is 61.7 Å². The topological polar surface area (TPSA) is 180 Å². The molecule has 5 N–H and O–H groups in total. The van der Waals surface area contributed by atoms with E-state index in [0.29, 0.717) is 94.1 Å². The highest BCUT2D eigenvalue weighted by molar-refractivity contribution is 8.00. The maximum atomic E-state index is 16.9. The van der Waals surface area contributed by atoms with Gasteiger partial charge in [0.2, 0.25) is 11.9 Å². The minimum atomic E-state index is -0.655. The summed E-state index contributed by atoms with van der Waals surface area (Å²) in [5.41, 5.74) is -0.0324. The molecule has 4 aromatic rings. The molecule has 1 aromatic heterocycles. The van der Waals surface area contributed by atoms with E-state index < -0.39 is 17.5 Å². The van der Waals surface area contributed by atoms with Crippen LogP contribution in [-0.2, 0) is 19.0 Å². The van der Waals surface area contributed by atoms with Crippen LogP contribution in [0.1, 0.15) is 46.5 Å². The van der Waals surface area contributed by atoms with Crippen LogP contribution in [-0.4, -0.2) is 132 Å². The molecule has 15 nitrogen and oxygen atoms in total. The summed E-state index contributed by atoms with van der Waals surface area (Å²) in [6.07, 6.45) is 2.76. The van der Waals surface area contributed by atoms with Gasteiger partial charge in [0, 0.05) is 67.6 Å². The first-order chi connectivity index (χ1) is 29.3. The number of carbonyl (C=O) groups is 3. The minimum Gasteiger partial charge on any atom is -0.508 e. The van der Waals surface area contributed by atoms with Crippen LogP contribution in [0.3, 0.4) is 0 Å². The molecule has 7 rings (SSSR count). The van der Waals surface area contributed by atoms with E-state index in [1.54, 1.807) is 17.0 Å². The van der Waals surface area contributed by atoms with Crippen molar-refractivity contribution in [3.8, 4) is 16.9 Å². The van der Waals surface area contributed by atoms with E-state index in [0.717, 1.165) is 35.8 Å². The molecule has 0 saturated carbocycles. The van der Waals surface area contributed by atoms with Crippen LogP contribution in [0.4, 0.5) is 25.7 Å². The fraction of sp³-hybridized carbons (Fsp3) is 0.512. The Balaban J connectivity index is 0.913. The molecule has 61 heavy (non-hydrogen) atoms. The average molecular weight is 881 g/mol. The van der Waals surface area contributed by atoms with Crippen LogP contribution >= 0.6 is 23.4 Å². The lowest BCUT2D eigenvalue weighted by Gasteiger charge is -2.36. The molecular formula is C43H54ClFN8O7S. The number of aromatic nitrogens is 2. The van der Waals surface area contributed by atoms with Gasteiger partial charge in [-0.15, -0.1) is 0 Å². The van der Waals surface area contributed by atoms with Crippen molar-refractivity contribution in [2.45, 2.75) is 69.4 Å². The van der Waals surface area contributed by atoms with Gasteiger partial charge in [0.05, 0.1) is 43.5 Å². The monoisotopic (exact) mass is 880 g/mol. The Hall–Kier alpha value is -4.84. The van der Waals surface area contributed by atoms with Crippen LogP contribution in [0.2, 0.25) is 5.02 Å². The number of hydrogen-bond donors (Lipinski definition) is 5. The summed E-state index contributed by atoms with van der Waals surface area (Å²) in [7, 11) is 0. The smallest absolute Gasteiger partial charge is 0.410 e. The van der Waals surface area contributed by atoms with Crippen molar-refractivity contribution in [3.05, 3.63) is 53.3 Å². The highest BCUT2D eigenvalue weighted by Crippen LogP contribution is 2.42. The van der Waals surface area contributed by atoms with Gasteiger partial charge >= 0.3 is 12.1 Å². The Labute approximate surface area is 363 Å². The first-order valence-corrected chi connectivity index (χ1v) is 22.3. The molecular weight excluding hydrogens is 827 g/mol. The number of benzene rings is 3. The van der Waals surface area contributed by atoms with Crippen molar-refractivity contribution in [2.75, 3.05) is 81.7 Å². The number of nitrogens with zero attached hydrogens (tertiary/aromatic N) is 4. The molecule has 3 atom stereocenters. The number of nitrogens with one attached hydrogen (secondary N) is 4. The van der Waals surface area contributed by atoms with Crippen LogP contribution in [0.15, 0.2) is 42.5 Å². The third-order valence-electron chi connectivity index (χ3n) is 10.8. The lowest BCUT2D eigenvalue weighted by Crippen LogP contribution is -2.50. The summed E-state index contributed by atoms with van der Waals surface area (Å²) in [6.45, 7) is 9.09. The molecule has 3 aliphatic heterocycles. The second-order valence-electron chi connectivity index (χ2n) is 16.4. The van der Waals surface area contributed by atoms with Crippen molar-refractivity contribution in [2.24, 2.45) is 0 Å². The third-order valence-corrected chi connectivity index (χ3v) is 12.6. The summed E-state index contributed by atoms with van der Waals surface area (Å²) in [5.74, 6) is 0.895. The van der Waals surface area contributed by atoms with Crippen molar-refractivity contribution in [3.63, 3.8) is 0 Å². The summed E-state index contributed by atoms with van der Waals surface area (Å²) >= 11 is 8.76. The van der Waals surface area contributed by atoms with Crippen LogP contribution in [0.5, 0.6) is 5.75 Å². The Morgan fingerprint density at radius 2 is 1.74 bits per heavy atom. The van der Waals surface area contributed by atoms with Crippen molar-refractivity contribution in [1.82, 2.24) is 30.8 Å². The van der Waals surface area contributed by atoms with Crippen LogP contribution in [0, 0.1) is 5.82 Å². The highest BCUT2D eigenvalue weighted by Gasteiger charge is 2.42. The lowest BCUT2D eigenvalue weighted by atomic mass is 9.96. The predicted molar refractivity (Wildman–Crippen MR) is 236 cm³/mol. The first kappa shape index (κ1) is 44.2. The quantitative estimate of drug-likeness (QED) is 0.0592. The molecule has 3 aliphatic rings. The number of amides is 4. The maximum absolute atomic E-state index is 16.9. The molecule has 4 amide bonds. The molecule has 3 fully saturated rings. The largest absolute Gasteiger partial charge is 0.508 e. The molecule has 0 radical (unpaired) electrons. The average Bonchev–Trinajstić information content (AvgIpc) is 3.78. The van der Waals surface area contributed by atoms with Crippen LogP contribution < -0.4 is 26.2 Å². The van der Waals surface area contributed by atoms with Gasteiger partial charge in [0.15, 0.2) is 5.82 Å². The molecule has 3 saturated heterocycles. The second-order valence-corrected chi connectivity index (χ2v) is 18.0. The predicted octanol–water partition coefficient (Wildman–Crippen LogP) is 6.29. The molecule has 0 spiro atoms. The van der Waals surface area contributed by atoms with Crippen molar-refractivity contribution < 1.29 is 38.1 Å². The number of aromatic hydroxyl groups is 1. The number of unbranched alkanes of at least 4 members (excludes halogenated alkanes) is 1. The molecule has 4 heterocycles. The zero-order valence-corrected chi connectivity index (χ0v) is 36.3. The minimum absolute atomic E-state index is 0.00658. The summed E-state index contributed by atoms with van der Waals surface area (Å²) in [5, 5.41) is 25.0. The van der Waals surface area contributed by atoms with E-state index >= 15 is 4.39 Å². The molecule has 3 aromatic carbocycles. The lowest BCUT2D eigenvalue weighted by molar-refractivity contribution is -0.121. The fourth-order valence-corrected chi connectivity index (χ4v) is 9.70. The van der Waals surface area contributed by atoms with Gasteiger partial charge in [-0.2, -0.15) is 16.7 Å². The first-order valence-electron chi connectivity index (χ1n) is 20.8. The van der Waals surface area contributed by atoms with E-state index in [1.165, 1.54) is 6.07 Å². The number of halogens is 2. The molecule has 0 unspecified atom stereocenters. The van der Waals surface area contributed by atoms with Gasteiger partial charge in [-0.05, 0) is 68.1 Å². The normalized spacial score (nSPS) is 18.9. The number of ether oxygens (including phenoxy) is 3. The Morgan fingerprint density at radius 1 is 0.984 bits per heavy atom. The van der Waals surface area contributed by atoms with Gasteiger partial charge < -0.3 is 50.4 Å². The van der Waals surface area contributed by atoms with E-state index in [2.05, 4.69) is 26.3 Å². The second kappa shape index (κ2) is 19.9. The number of phenols is 1. The molecule has 18 heteroatoms. The number of rotatable bonds is 17. The molecule has 328 valence electrons. The van der Waals surface area contributed by atoms with E-state index in [4.69, 9.17) is 30.8 Å². The number of piperazine rings is 1. The SMILES string of the molecule is CC(C)(C)OC(=O)N1CCN(c2nc(NCCOCCOCCNC(=O)CCCC[C@@H]3SC[C@@H]4NC(=O)N[C@@H]43)nc3c(F)c(-c4cc(O)cc5ccccc45)c(Cl)cc23)CC1. The highest BCUT2D eigenvalue weighted by atomic mass is 35.5. The van der Waals surface area contributed by atoms with Crippen LogP contribution in [0.25, 0.3) is 32.8 Å². The van der Waals surface area contributed by atoms with Gasteiger partial charge in [-0.1, -0.05) is 42.3 Å². The molecule has 0 bridgehead atoms. The zero-order chi connectivity index (χ0) is 43.1. The van der Waals surface area contributed by atoms with E-state index in [-0.39, 0.29) is 51.8 Å². The number of phenolic OH excluding ortho intramolecular Hbond substituents is 1. The Bertz CT molecular complexity index is 2220. The van der Waals surface area contributed by atoms with Gasteiger partial charge in [-0.25, -0.2) is 19.0 Å². The van der Waals surface area contributed by atoms with Crippen molar-refractivity contribution in [1.29, 1.82) is 0 Å². The number of thioether (sulfide) groups is 1. The van der Waals surface area contributed by atoms with E-state index in [9.17, 15) is 19.5 Å².